The minimum absolute atomic E-state index is 0.0215. The van der Waals surface area contributed by atoms with Gasteiger partial charge in [-0.1, -0.05) is 30.3 Å². The van der Waals surface area contributed by atoms with Gasteiger partial charge in [0.15, 0.2) is 6.04 Å². The van der Waals surface area contributed by atoms with Gasteiger partial charge >= 0.3 is 18.1 Å². The third kappa shape index (κ3) is 5.42. The van der Waals surface area contributed by atoms with Crippen molar-refractivity contribution in [3.05, 3.63) is 35.9 Å². The number of benzene rings is 1. The van der Waals surface area contributed by atoms with Gasteiger partial charge in [-0.25, -0.2) is 4.79 Å². The fraction of sp³-hybridized carbons (Fsp3) is 0.385. The van der Waals surface area contributed by atoms with Gasteiger partial charge in [0.25, 0.3) is 0 Å². The lowest BCUT2D eigenvalue weighted by atomic mass is 10.1. The Morgan fingerprint density at radius 3 is 2.33 bits per heavy atom. The molecule has 8 heteroatoms. The van der Waals surface area contributed by atoms with E-state index in [1.807, 2.05) is 0 Å². The van der Waals surface area contributed by atoms with Crippen molar-refractivity contribution in [2.24, 2.45) is 0 Å². The topological polar surface area (TPSA) is 75.6 Å². The first-order valence-corrected chi connectivity index (χ1v) is 5.98. The molecule has 0 spiro atoms. The monoisotopic (exact) mass is 305 g/mol. The molecule has 1 aromatic carbocycles. The molecule has 0 fully saturated rings. The maximum absolute atomic E-state index is 12.1. The van der Waals surface area contributed by atoms with Crippen molar-refractivity contribution in [2.75, 3.05) is 0 Å². The fourth-order valence-corrected chi connectivity index (χ4v) is 1.50. The van der Waals surface area contributed by atoms with Crippen LogP contribution in [0.2, 0.25) is 0 Å². The molecule has 1 aromatic rings. The summed E-state index contributed by atoms with van der Waals surface area (Å²) in [4.78, 5) is 21.8. The summed E-state index contributed by atoms with van der Waals surface area (Å²) >= 11 is 0. The second-order valence-corrected chi connectivity index (χ2v) is 4.29. The molecule has 2 atom stereocenters. The van der Waals surface area contributed by atoms with Crippen molar-refractivity contribution in [1.29, 1.82) is 0 Å². The summed E-state index contributed by atoms with van der Waals surface area (Å²) in [6.45, 7) is 1.30. The summed E-state index contributed by atoms with van der Waals surface area (Å²) in [6.07, 6.45) is -6.28. The number of alkyl halides is 3. The molecule has 0 unspecified atom stereocenters. The predicted molar refractivity (Wildman–Crippen MR) is 66.3 cm³/mol. The highest BCUT2D eigenvalue weighted by molar-refractivity contribution is 5.87. The van der Waals surface area contributed by atoms with Gasteiger partial charge in [0.2, 0.25) is 0 Å². The number of aliphatic carboxylic acids is 1. The van der Waals surface area contributed by atoms with Crippen molar-refractivity contribution in [1.82, 2.24) is 5.32 Å². The highest BCUT2D eigenvalue weighted by Crippen LogP contribution is 2.15. The molecular formula is C13H14F3NO4. The van der Waals surface area contributed by atoms with E-state index in [-0.39, 0.29) is 6.61 Å². The van der Waals surface area contributed by atoms with Gasteiger partial charge in [-0.2, -0.15) is 13.2 Å². The Kier molecular flexibility index (Phi) is 5.71. The Bertz CT molecular complexity index is 490. The smallest absolute Gasteiger partial charge is 0.471 e. The summed E-state index contributed by atoms with van der Waals surface area (Å²) in [5, 5.41) is 10.3. The molecule has 0 aromatic heterocycles. The van der Waals surface area contributed by atoms with Crippen molar-refractivity contribution < 1.29 is 32.6 Å². The van der Waals surface area contributed by atoms with Crippen molar-refractivity contribution in [3.8, 4) is 0 Å². The van der Waals surface area contributed by atoms with Crippen LogP contribution in [0, 0.1) is 0 Å². The molecule has 21 heavy (non-hydrogen) atoms. The average molecular weight is 305 g/mol. The Morgan fingerprint density at radius 2 is 1.86 bits per heavy atom. The van der Waals surface area contributed by atoms with E-state index in [0.29, 0.717) is 0 Å². The zero-order chi connectivity index (χ0) is 16.0. The van der Waals surface area contributed by atoms with Gasteiger partial charge < -0.3 is 15.2 Å². The maximum Gasteiger partial charge on any atom is 0.471 e. The third-order valence-corrected chi connectivity index (χ3v) is 2.64. The van der Waals surface area contributed by atoms with Gasteiger partial charge in [-0.05, 0) is 12.5 Å². The number of carboxylic acids is 1. The quantitative estimate of drug-likeness (QED) is 0.839. The van der Waals surface area contributed by atoms with E-state index in [1.165, 1.54) is 12.2 Å². The lowest BCUT2D eigenvalue weighted by Crippen LogP contribution is -2.52. The molecule has 0 heterocycles. The lowest BCUT2D eigenvalue weighted by molar-refractivity contribution is -0.177. The number of ether oxygens (including phenoxy) is 1. The highest BCUT2D eigenvalue weighted by Gasteiger charge is 2.42. The molecule has 0 radical (unpaired) electrons. The molecule has 0 saturated carbocycles. The molecule has 2 N–H and O–H groups in total. The van der Waals surface area contributed by atoms with E-state index in [2.05, 4.69) is 0 Å². The SMILES string of the molecule is C[C@H](OCc1ccccc1)[C@@H](NC(=O)C(F)(F)F)C(=O)O. The molecule has 0 aliphatic rings. The van der Waals surface area contributed by atoms with Crippen LogP contribution in [0.25, 0.3) is 0 Å². The van der Waals surface area contributed by atoms with Crippen LogP contribution in [0.4, 0.5) is 13.2 Å². The summed E-state index contributed by atoms with van der Waals surface area (Å²) < 4.78 is 41.6. The summed E-state index contributed by atoms with van der Waals surface area (Å²) in [5.41, 5.74) is 0.732. The highest BCUT2D eigenvalue weighted by atomic mass is 19.4. The van der Waals surface area contributed by atoms with Crippen LogP contribution < -0.4 is 5.32 Å². The normalized spacial score (nSPS) is 14.3. The molecule has 0 bridgehead atoms. The number of carboxylic acid groups (broad SMARTS) is 1. The van der Waals surface area contributed by atoms with Crippen LogP contribution in [0.1, 0.15) is 12.5 Å². The Labute approximate surface area is 118 Å². The van der Waals surface area contributed by atoms with E-state index in [0.717, 1.165) is 5.56 Å². The number of hydrogen-bond acceptors (Lipinski definition) is 3. The molecular weight excluding hydrogens is 291 g/mol. The molecule has 1 amide bonds. The van der Waals surface area contributed by atoms with Gasteiger partial charge in [0, 0.05) is 0 Å². The molecule has 5 nitrogen and oxygen atoms in total. The largest absolute Gasteiger partial charge is 0.480 e. The minimum Gasteiger partial charge on any atom is -0.480 e. The van der Waals surface area contributed by atoms with Crippen LogP contribution in [0.3, 0.4) is 0 Å². The minimum atomic E-state index is -5.15. The number of nitrogens with one attached hydrogen (secondary N) is 1. The third-order valence-electron chi connectivity index (χ3n) is 2.64. The zero-order valence-corrected chi connectivity index (χ0v) is 11.1. The Hall–Kier alpha value is -2.09. The predicted octanol–water partition coefficient (Wildman–Crippen LogP) is 1.72. The van der Waals surface area contributed by atoms with Gasteiger partial charge in [-0.3, -0.25) is 4.79 Å². The van der Waals surface area contributed by atoms with Crippen molar-refractivity contribution in [2.45, 2.75) is 31.9 Å². The number of amides is 1. The number of halogens is 3. The first-order valence-electron chi connectivity index (χ1n) is 5.98. The molecule has 116 valence electrons. The number of carbonyl (C=O) groups excluding carboxylic acids is 1. The Balaban J connectivity index is 2.64. The number of carbonyl (C=O) groups is 2. The van der Waals surface area contributed by atoms with E-state index in [1.54, 1.807) is 30.3 Å². The summed E-state index contributed by atoms with van der Waals surface area (Å²) in [6, 6.07) is 6.90. The fourth-order valence-electron chi connectivity index (χ4n) is 1.50. The van der Waals surface area contributed by atoms with Crippen LogP contribution in [-0.2, 0) is 20.9 Å². The van der Waals surface area contributed by atoms with Crippen molar-refractivity contribution >= 4 is 11.9 Å². The van der Waals surface area contributed by atoms with Crippen LogP contribution in [0.5, 0.6) is 0 Å². The molecule has 0 aliphatic heterocycles. The van der Waals surface area contributed by atoms with Crippen LogP contribution in [-0.4, -0.2) is 35.3 Å². The van der Waals surface area contributed by atoms with E-state index in [4.69, 9.17) is 9.84 Å². The standard InChI is InChI=1S/C13H14F3NO4/c1-8(21-7-9-5-3-2-4-6-9)10(11(18)19)17-12(20)13(14,15)16/h2-6,8,10H,7H2,1H3,(H,17,20)(H,18,19)/t8-,10+/m0/s1. The first kappa shape index (κ1) is 17.0. The first-order chi connectivity index (χ1) is 9.71. The molecule has 1 rings (SSSR count). The zero-order valence-electron chi connectivity index (χ0n) is 11.1. The summed E-state index contributed by atoms with van der Waals surface area (Å²) in [5.74, 6) is -3.92. The molecule has 0 saturated heterocycles. The maximum atomic E-state index is 12.1. The van der Waals surface area contributed by atoms with Crippen LogP contribution >= 0.6 is 0 Å². The number of rotatable bonds is 6. The number of hydrogen-bond donors (Lipinski definition) is 2. The van der Waals surface area contributed by atoms with Gasteiger partial charge in [0.1, 0.15) is 0 Å². The van der Waals surface area contributed by atoms with E-state index in [9.17, 15) is 22.8 Å². The summed E-state index contributed by atoms with van der Waals surface area (Å²) in [7, 11) is 0. The van der Waals surface area contributed by atoms with E-state index < -0.39 is 30.2 Å². The molecule has 0 aliphatic carbocycles. The van der Waals surface area contributed by atoms with Crippen molar-refractivity contribution in [3.63, 3.8) is 0 Å². The Morgan fingerprint density at radius 1 is 1.29 bits per heavy atom. The average Bonchev–Trinajstić information content (AvgIpc) is 2.41. The van der Waals surface area contributed by atoms with Gasteiger partial charge in [0.05, 0.1) is 12.7 Å². The second kappa shape index (κ2) is 7.07. The van der Waals surface area contributed by atoms with Crippen LogP contribution in [0.15, 0.2) is 30.3 Å². The van der Waals surface area contributed by atoms with Gasteiger partial charge in [-0.15, -0.1) is 0 Å². The van der Waals surface area contributed by atoms with E-state index >= 15 is 0 Å². The second-order valence-electron chi connectivity index (χ2n) is 4.29. The lowest BCUT2D eigenvalue weighted by Gasteiger charge is -2.22.